The fourth-order valence-electron chi connectivity index (χ4n) is 2.62. The molecule has 0 radical (unpaired) electrons. The van der Waals surface area contributed by atoms with Crippen LogP contribution in [-0.2, 0) is 16.4 Å². The van der Waals surface area contributed by atoms with Gasteiger partial charge in [0.05, 0.1) is 27.9 Å². The first-order chi connectivity index (χ1) is 14.2. The Morgan fingerprint density at radius 2 is 1.70 bits per heavy atom. The zero-order valence-corrected chi connectivity index (χ0v) is 19.4. The number of nitrogens with one attached hydrogen (secondary N) is 1. The van der Waals surface area contributed by atoms with Crippen molar-refractivity contribution in [3.8, 4) is 0 Å². The molecule has 30 heavy (non-hydrogen) atoms. The number of rotatable bonds is 7. The number of nitrogens with zero attached hydrogens (tertiary/aromatic N) is 1. The molecule has 0 aliphatic rings. The Morgan fingerprint density at radius 1 is 1.00 bits per heavy atom. The highest BCUT2D eigenvalue weighted by Crippen LogP contribution is 2.26. The van der Waals surface area contributed by atoms with E-state index < -0.39 is 15.9 Å². The van der Waals surface area contributed by atoms with Gasteiger partial charge in [0.25, 0.3) is 0 Å². The Morgan fingerprint density at radius 3 is 2.33 bits per heavy atom. The maximum Gasteiger partial charge on any atom is 0.322 e. The molecule has 1 heterocycles. The Hall–Kier alpha value is -1.77. The third-order valence-electron chi connectivity index (χ3n) is 4.19. The van der Waals surface area contributed by atoms with Crippen LogP contribution in [0, 0.1) is 0 Å². The van der Waals surface area contributed by atoms with Crippen molar-refractivity contribution in [2.75, 3.05) is 17.6 Å². The van der Waals surface area contributed by atoms with E-state index in [2.05, 4.69) is 5.32 Å². The molecule has 158 valence electrons. The molecule has 0 aliphatic carbocycles. The maximum absolute atomic E-state index is 12.9. The van der Waals surface area contributed by atoms with E-state index >= 15 is 0 Å². The first-order valence-corrected chi connectivity index (χ1v) is 12.4. The van der Waals surface area contributed by atoms with E-state index in [1.165, 1.54) is 46.6 Å². The summed E-state index contributed by atoms with van der Waals surface area (Å²) in [5.41, 5.74) is 0.391. The summed E-state index contributed by atoms with van der Waals surface area (Å²) in [7, 11) is -3.59. The van der Waals surface area contributed by atoms with E-state index in [0.717, 1.165) is 4.88 Å². The van der Waals surface area contributed by atoms with Crippen molar-refractivity contribution >= 4 is 67.7 Å². The van der Waals surface area contributed by atoms with E-state index in [0.29, 0.717) is 20.8 Å². The van der Waals surface area contributed by atoms with Gasteiger partial charge in [0.1, 0.15) is 0 Å². The van der Waals surface area contributed by atoms with Gasteiger partial charge in [0.15, 0.2) is 9.84 Å². The Balaban J connectivity index is 1.76. The van der Waals surface area contributed by atoms with Gasteiger partial charge < -0.3 is 10.2 Å². The van der Waals surface area contributed by atoms with Gasteiger partial charge in [-0.1, -0.05) is 40.9 Å². The highest BCUT2D eigenvalue weighted by molar-refractivity contribution is 7.91. The summed E-state index contributed by atoms with van der Waals surface area (Å²) in [6.45, 7) is 0.269. The molecule has 0 saturated heterocycles. The van der Waals surface area contributed by atoms with Crippen LogP contribution in [0.1, 0.15) is 4.88 Å². The molecular weight excluding hydrogens is 487 g/mol. The number of benzene rings is 2. The van der Waals surface area contributed by atoms with Crippen molar-refractivity contribution in [3.05, 3.63) is 79.9 Å². The third kappa shape index (κ3) is 6.12. The molecule has 1 N–H and O–H groups in total. The summed E-state index contributed by atoms with van der Waals surface area (Å²) >= 11 is 19.4. The lowest BCUT2D eigenvalue weighted by molar-refractivity contribution is 0.213. The van der Waals surface area contributed by atoms with E-state index in [4.69, 9.17) is 34.8 Å². The summed E-state index contributed by atoms with van der Waals surface area (Å²) in [5, 5.41) is 5.81. The summed E-state index contributed by atoms with van der Waals surface area (Å²) < 4.78 is 25.4. The summed E-state index contributed by atoms with van der Waals surface area (Å²) in [4.78, 5) is 15.4. The average Bonchev–Trinajstić information content (AvgIpc) is 3.21. The van der Waals surface area contributed by atoms with Gasteiger partial charge in [-0.05, 0) is 53.9 Å². The van der Waals surface area contributed by atoms with Crippen molar-refractivity contribution in [2.45, 2.75) is 11.4 Å². The van der Waals surface area contributed by atoms with Crippen LogP contribution in [0.5, 0.6) is 0 Å². The molecule has 3 rings (SSSR count). The zero-order valence-electron chi connectivity index (χ0n) is 15.5. The average molecular weight is 504 g/mol. The van der Waals surface area contributed by atoms with Crippen LogP contribution >= 0.6 is 46.1 Å². The van der Waals surface area contributed by atoms with E-state index in [-0.39, 0.29) is 23.7 Å². The Kier molecular flexibility index (Phi) is 7.65. The number of urea groups is 1. The van der Waals surface area contributed by atoms with Gasteiger partial charge in [-0.3, -0.25) is 0 Å². The Labute approximate surface area is 194 Å². The largest absolute Gasteiger partial charge is 0.322 e. The molecule has 0 fully saturated rings. The van der Waals surface area contributed by atoms with Crippen molar-refractivity contribution < 1.29 is 13.2 Å². The number of carbonyl (C=O) groups excluding carboxylic acids is 1. The Bertz CT molecular complexity index is 1120. The van der Waals surface area contributed by atoms with Gasteiger partial charge in [0, 0.05) is 21.5 Å². The lowest BCUT2D eigenvalue weighted by Crippen LogP contribution is -2.37. The quantitative estimate of drug-likeness (QED) is 0.416. The number of hydrogen-bond acceptors (Lipinski definition) is 4. The predicted molar refractivity (Wildman–Crippen MR) is 124 cm³/mol. The second kappa shape index (κ2) is 10.0. The lowest BCUT2D eigenvalue weighted by atomic mass is 10.3. The monoisotopic (exact) mass is 502 g/mol. The van der Waals surface area contributed by atoms with Gasteiger partial charge in [-0.15, -0.1) is 11.3 Å². The van der Waals surface area contributed by atoms with Gasteiger partial charge in [-0.25, -0.2) is 13.2 Å². The minimum atomic E-state index is -3.59. The number of sulfone groups is 1. The topological polar surface area (TPSA) is 66.5 Å². The standard InChI is InChI=1S/C20H17Cl3N2O3S2/c21-14-3-6-17(7-4-14)30(27,28)11-9-25(13-16-2-1-10-29-16)20(26)24-19-8-5-15(22)12-18(19)23/h1-8,10,12H,9,11,13H2,(H,24,26). The van der Waals surface area contributed by atoms with Crippen molar-refractivity contribution in [2.24, 2.45) is 0 Å². The number of hydrogen-bond donors (Lipinski definition) is 1. The lowest BCUT2D eigenvalue weighted by Gasteiger charge is -2.23. The van der Waals surface area contributed by atoms with Gasteiger partial charge in [0.2, 0.25) is 0 Å². The molecule has 0 saturated carbocycles. The highest BCUT2D eigenvalue weighted by Gasteiger charge is 2.21. The molecule has 2 amide bonds. The molecule has 1 aromatic heterocycles. The van der Waals surface area contributed by atoms with E-state index in [1.807, 2.05) is 17.5 Å². The molecule has 5 nitrogen and oxygen atoms in total. The van der Waals surface area contributed by atoms with Crippen LogP contribution in [0.3, 0.4) is 0 Å². The van der Waals surface area contributed by atoms with Gasteiger partial charge >= 0.3 is 6.03 Å². The number of halogens is 3. The number of amides is 2. The number of carbonyl (C=O) groups is 1. The van der Waals surface area contributed by atoms with Crippen molar-refractivity contribution in [1.82, 2.24) is 4.90 Å². The normalized spacial score (nSPS) is 11.3. The molecule has 3 aromatic rings. The summed E-state index contributed by atoms with van der Waals surface area (Å²) in [5.74, 6) is -0.234. The molecule has 2 aromatic carbocycles. The van der Waals surface area contributed by atoms with Crippen LogP contribution in [0.25, 0.3) is 0 Å². The smallest absolute Gasteiger partial charge is 0.318 e. The first kappa shape index (κ1) is 22.9. The van der Waals surface area contributed by atoms with Crippen LogP contribution in [0.15, 0.2) is 64.9 Å². The van der Waals surface area contributed by atoms with E-state index in [9.17, 15) is 13.2 Å². The summed E-state index contributed by atoms with van der Waals surface area (Å²) in [6.07, 6.45) is 0. The predicted octanol–water partition coefficient (Wildman–Crippen LogP) is 6.22. The molecule has 0 unspecified atom stereocenters. The van der Waals surface area contributed by atoms with Crippen LogP contribution < -0.4 is 5.32 Å². The fourth-order valence-corrected chi connectivity index (χ4v) is 5.17. The second-order valence-corrected chi connectivity index (χ2v) is 10.7. The molecule has 0 atom stereocenters. The number of thiophene rings is 1. The molecule has 0 aliphatic heterocycles. The maximum atomic E-state index is 12.9. The SMILES string of the molecule is O=C(Nc1ccc(Cl)cc1Cl)N(CCS(=O)(=O)c1ccc(Cl)cc1)Cc1cccs1. The third-order valence-corrected chi connectivity index (χ3v) is 7.56. The molecule has 10 heteroatoms. The zero-order chi connectivity index (χ0) is 21.7. The molecular formula is C20H17Cl3N2O3S2. The van der Waals surface area contributed by atoms with E-state index in [1.54, 1.807) is 12.1 Å². The van der Waals surface area contributed by atoms with Crippen molar-refractivity contribution in [3.63, 3.8) is 0 Å². The van der Waals surface area contributed by atoms with Gasteiger partial charge in [-0.2, -0.15) is 0 Å². The van der Waals surface area contributed by atoms with Crippen LogP contribution in [0.4, 0.5) is 10.5 Å². The fraction of sp³-hybridized carbons (Fsp3) is 0.150. The number of anilines is 1. The van der Waals surface area contributed by atoms with Crippen LogP contribution in [0.2, 0.25) is 15.1 Å². The molecule has 0 bridgehead atoms. The second-order valence-electron chi connectivity index (χ2n) is 6.33. The minimum Gasteiger partial charge on any atom is -0.318 e. The van der Waals surface area contributed by atoms with Crippen molar-refractivity contribution in [1.29, 1.82) is 0 Å². The highest BCUT2D eigenvalue weighted by atomic mass is 35.5. The first-order valence-electron chi connectivity index (χ1n) is 8.76. The van der Waals surface area contributed by atoms with Crippen LogP contribution in [-0.4, -0.2) is 31.6 Å². The molecule has 0 spiro atoms. The minimum absolute atomic E-state index is 0.0000973. The summed E-state index contributed by atoms with van der Waals surface area (Å²) in [6, 6.07) is 14.0.